The summed E-state index contributed by atoms with van der Waals surface area (Å²) in [6.07, 6.45) is 2.31. The number of fused-ring (bicyclic) bond motifs is 1. The van der Waals surface area contributed by atoms with Crippen LogP contribution in [0.4, 0.5) is 0 Å². The van der Waals surface area contributed by atoms with Crippen LogP contribution in [0.1, 0.15) is 61.8 Å². The third kappa shape index (κ3) is 1.99. The number of imidazole rings is 1. The standard InChI is InChI=1S/C16H20N2O2/c1-9(2)15-17-13-5-4-11(16(19)20)8-14(13)18(15)12-6-10(3)7-12/h4-5,8-10,12H,6-7H2,1-3H3,(H,19,20). The van der Waals surface area contributed by atoms with Crippen molar-refractivity contribution in [3.63, 3.8) is 0 Å². The van der Waals surface area contributed by atoms with Crippen molar-refractivity contribution >= 4 is 17.0 Å². The molecule has 1 aliphatic carbocycles. The number of aromatic carboxylic acids is 1. The molecule has 0 spiro atoms. The van der Waals surface area contributed by atoms with Crippen molar-refractivity contribution < 1.29 is 9.90 Å². The SMILES string of the molecule is CC1CC(n2c(C(C)C)nc3ccc(C(=O)O)cc32)C1. The van der Waals surface area contributed by atoms with Crippen molar-refractivity contribution in [1.82, 2.24) is 9.55 Å². The first-order valence-corrected chi connectivity index (χ1v) is 7.22. The van der Waals surface area contributed by atoms with E-state index in [9.17, 15) is 9.90 Å². The van der Waals surface area contributed by atoms with Crippen LogP contribution in [0, 0.1) is 5.92 Å². The molecule has 106 valence electrons. The summed E-state index contributed by atoms with van der Waals surface area (Å²) < 4.78 is 2.27. The molecule has 0 saturated heterocycles. The highest BCUT2D eigenvalue weighted by atomic mass is 16.4. The van der Waals surface area contributed by atoms with E-state index in [0.717, 1.165) is 35.6 Å². The van der Waals surface area contributed by atoms with Crippen molar-refractivity contribution in [2.24, 2.45) is 5.92 Å². The Labute approximate surface area is 118 Å². The fourth-order valence-electron chi connectivity index (χ4n) is 3.11. The zero-order valence-electron chi connectivity index (χ0n) is 12.1. The molecule has 0 aliphatic heterocycles. The summed E-state index contributed by atoms with van der Waals surface area (Å²) in [4.78, 5) is 15.9. The molecule has 0 bridgehead atoms. The highest BCUT2D eigenvalue weighted by molar-refractivity contribution is 5.92. The largest absolute Gasteiger partial charge is 0.478 e. The zero-order chi connectivity index (χ0) is 14.4. The van der Waals surface area contributed by atoms with E-state index < -0.39 is 5.97 Å². The van der Waals surface area contributed by atoms with Crippen LogP contribution in [0.2, 0.25) is 0 Å². The van der Waals surface area contributed by atoms with Gasteiger partial charge in [-0.25, -0.2) is 9.78 Å². The predicted octanol–water partition coefficient (Wildman–Crippen LogP) is 3.83. The van der Waals surface area contributed by atoms with Crippen LogP contribution in [-0.2, 0) is 0 Å². The lowest BCUT2D eigenvalue weighted by molar-refractivity contribution is 0.0697. The first kappa shape index (κ1) is 13.2. The van der Waals surface area contributed by atoms with Crippen molar-refractivity contribution in [2.75, 3.05) is 0 Å². The normalized spacial score (nSPS) is 22.2. The Kier molecular flexibility index (Phi) is 3.04. The van der Waals surface area contributed by atoms with E-state index >= 15 is 0 Å². The van der Waals surface area contributed by atoms with Crippen LogP contribution < -0.4 is 0 Å². The summed E-state index contributed by atoms with van der Waals surface area (Å²) in [5, 5.41) is 9.17. The molecule has 1 N–H and O–H groups in total. The lowest BCUT2D eigenvalue weighted by Crippen LogP contribution is -2.26. The Hall–Kier alpha value is -1.84. The monoisotopic (exact) mass is 272 g/mol. The van der Waals surface area contributed by atoms with Gasteiger partial charge in [-0.2, -0.15) is 0 Å². The summed E-state index contributed by atoms with van der Waals surface area (Å²) in [6, 6.07) is 5.69. The summed E-state index contributed by atoms with van der Waals surface area (Å²) in [5.74, 6) is 1.28. The molecule has 0 radical (unpaired) electrons. The molecule has 0 amide bonds. The maximum absolute atomic E-state index is 11.2. The van der Waals surface area contributed by atoms with Crippen LogP contribution in [-0.4, -0.2) is 20.6 Å². The molecule has 1 aromatic carbocycles. The third-order valence-electron chi connectivity index (χ3n) is 4.19. The summed E-state index contributed by atoms with van der Waals surface area (Å²) >= 11 is 0. The minimum Gasteiger partial charge on any atom is -0.478 e. The molecule has 1 aliphatic rings. The average Bonchev–Trinajstić information content (AvgIpc) is 2.73. The van der Waals surface area contributed by atoms with E-state index in [1.165, 1.54) is 0 Å². The molecule has 1 heterocycles. The summed E-state index contributed by atoms with van der Waals surface area (Å²) in [7, 11) is 0. The highest BCUT2D eigenvalue weighted by Gasteiger charge is 2.30. The van der Waals surface area contributed by atoms with Gasteiger partial charge in [0.15, 0.2) is 0 Å². The molecule has 0 atom stereocenters. The van der Waals surface area contributed by atoms with Crippen LogP contribution in [0.25, 0.3) is 11.0 Å². The zero-order valence-corrected chi connectivity index (χ0v) is 12.1. The molecule has 20 heavy (non-hydrogen) atoms. The van der Waals surface area contributed by atoms with Crippen LogP contribution in [0.15, 0.2) is 18.2 Å². The Balaban J connectivity index is 2.18. The number of rotatable bonds is 3. The van der Waals surface area contributed by atoms with E-state index in [2.05, 4.69) is 25.3 Å². The summed E-state index contributed by atoms with van der Waals surface area (Å²) in [6.45, 7) is 6.53. The number of hydrogen-bond donors (Lipinski definition) is 1. The molecular formula is C16H20N2O2. The lowest BCUT2D eigenvalue weighted by atomic mass is 9.81. The van der Waals surface area contributed by atoms with E-state index in [1.807, 2.05) is 6.07 Å². The van der Waals surface area contributed by atoms with Gasteiger partial charge in [0, 0.05) is 12.0 Å². The van der Waals surface area contributed by atoms with Crippen molar-refractivity contribution in [3.8, 4) is 0 Å². The van der Waals surface area contributed by atoms with Crippen molar-refractivity contribution in [1.29, 1.82) is 0 Å². The van der Waals surface area contributed by atoms with E-state index in [4.69, 9.17) is 4.98 Å². The third-order valence-corrected chi connectivity index (χ3v) is 4.19. The summed E-state index contributed by atoms with van der Waals surface area (Å²) in [5.41, 5.74) is 2.20. The van der Waals surface area contributed by atoms with Crippen LogP contribution in [0.5, 0.6) is 0 Å². The topological polar surface area (TPSA) is 55.1 Å². The second-order valence-corrected chi connectivity index (χ2v) is 6.23. The van der Waals surface area contributed by atoms with Crippen molar-refractivity contribution in [2.45, 2.75) is 45.6 Å². The second kappa shape index (κ2) is 4.62. The molecule has 3 rings (SSSR count). The van der Waals surface area contributed by atoms with Crippen molar-refractivity contribution in [3.05, 3.63) is 29.6 Å². The number of carboxylic acid groups (broad SMARTS) is 1. The number of carboxylic acids is 1. The second-order valence-electron chi connectivity index (χ2n) is 6.23. The average molecular weight is 272 g/mol. The molecular weight excluding hydrogens is 252 g/mol. The van der Waals surface area contributed by atoms with Gasteiger partial charge < -0.3 is 9.67 Å². The number of benzene rings is 1. The quantitative estimate of drug-likeness (QED) is 0.923. The van der Waals surface area contributed by atoms with Crippen LogP contribution in [0.3, 0.4) is 0 Å². The van der Waals surface area contributed by atoms with Gasteiger partial charge in [0.1, 0.15) is 5.82 Å². The van der Waals surface area contributed by atoms with Gasteiger partial charge in [0.05, 0.1) is 16.6 Å². The van der Waals surface area contributed by atoms with Gasteiger partial charge in [0.2, 0.25) is 0 Å². The Bertz CT molecular complexity index is 666. The predicted molar refractivity (Wildman–Crippen MR) is 78.2 cm³/mol. The minimum absolute atomic E-state index is 0.335. The number of nitrogens with zero attached hydrogens (tertiary/aromatic N) is 2. The Morgan fingerprint density at radius 2 is 2.10 bits per heavy atom. The van der Waals surface area contributed by atoms with E-state index in [0.29, 0.717) is 17.5 Å². The maximum atomic E-state index is 11.2. The van der Waals surface area contributed by atoms with Gasteiger partial charge in [-0.1, -0.05) is 20.8 Å². The fourth-order valence-corrected chi connectivity index (χ4v) is 3.11. The molecule has 4 nitrogen and oxygen atoms in total. The molecule has 0 unspecified atom stereocenters. The smallest absolute Gasteiger partial charge is 0.335 e. The fraction of sp³-hybridized carbons (Fsp3) is 0.500. The lowest BCUT2D eigenvalue weighted by Gasteiger charge is -2.35. The van der Waals surface area contributed by atoms with Gasteiger partial charge in [0.25, 0.3) is 0 Å². The molecule has 1 fully saturated rings. The van der Waals surface area contributed by atoms with E-state index in [1.54, 1.807) is 12.1 Å². The molecule has 4 heteroatoms. The first-order chi connectivity index (χ1) is 9.47. The Morgan fingerprint density at radius 3 is 2.65 bits per heavy atom. The molecule has 1 saturated carbocycles. The van der Waals surface area contributed by atoms with E-state index in [-0.39, 0.29) is 0 Å². The van der Waals surface area contributed by atoms with Gasteiger partial charge >= 0.3 is 5.97 Å². The van der Waals surface area contributed by atoms with Gasteiger partial charge in [-0.3, -0.25) is 0 Å². The van der Waals surface area contributed by atoms with Gasteiger partial charge in [-0.15, -0.1) is 0 Å². The van der Waals surface area contributed by atoms with Crippen LogP contribution >= 0.6 is 0 Å². The number of hydrogen-bond acceptors (Lipinski definition) is 2. The Morgan fingerprint density at radius 1 is 1.40 bits per heavy atom. The first-order valence-electron chi connectivity index (χ1n) is 7.22. The van der Waals surface area contributed by atoms with Gasteiger partial charge in [-0.05, 0) is 37.0 Å². The number of carbonyl (C=O) groups is 1. The maximum Gasteiger partial charge on any atom is 0.335 e. The molecule has 2 aromatic rings. The molecule has 1 aromatic heterocycles. The number of aromatic nitrogens is 2. The minimum atomic E-state index is -0.882. The highest BCUT2D eigenvalue weighted by Crippen LogP contribution is 2.41.